The molecule has 2 aromatic rings. The third kappa shape index (κ3) is 1.31. The molecule has 2 aromatic heterocycles. The van der Waals surface area contributed by atoms with Gasteiger partial charge in [0.25, 0.3) is 0 Å². The summed E-state index contributed by atoms with van der Waals surface area (Å²) in [6, 6.07) is 3.59. The lowest BCUT2D eigenvalue weighted by atomic mass is 10.2. The summed E-state index contributed by atoms with van der Waals surface area (Å²) in [4.78, 5) is 14.2. The molecule has 0 saturated heterocycles. The molecule has 0 amide bonds. The molecule has 5 nitrogen and oxygen atoms in total. The van der Waals surface area contributed by atoms with E-state index >= 15 is 0 Å². The van der Waals surface area contributed by atoms with Crippen molar-refractivity contribution in [1.82, 2.24) is 15.2 Å². The van der Waals surface area contributed by atoms with Crippen molar-refractivity contribution in [2.75, 3.05) is 0 Å². The van der Waals surface area contributed by atoms with Gasteiger partial charge in [-0.05, 0) is 17.3 Å². The van der Waals surface area contributed by atoms with E-state index in [2.05, 4.69) is 20.4 Å². The number of aromatic nitrogens is 3. The maximum Gasteiger partial charge on any atom is 0.153 e. The number of H-pyrrole nitrogens is 1. The van der Waals surface area contributed by atoms with Crippen LogP contribution >= 0.6 is 0 Å². The van der Waals surface area contributed by atoms with Crippen molar-refractivity contribution >= 4 is 5.69 Å². The largest absolute Gasteiger partial charge is 0.283 e. The Labute approximate surface area is 73.8 Å². The lowest BCUT2D eigenvalue weighted by Crippen LogP contribution is -1.79. The molecule has 0 bridgehead atoms. The highest BCUT2D eigenvalue weighted by molar-refractivity contribution is 5.70. The standard InChI is InChI=1S/C8H6N4O/c13-12-7-5-10-11-8(7)6-2-1-3-9-4-6/h1-5H,(H,10,11). The van der Waals surface area contributed by atoms with Gasteiger partial charge in [-0.15, -0.1) is 4.91 Å². The molecule has 0 aliphatic heterocycles. The van der Waals surface area contributed by atoms with E-state index in [1.165, 1.54) is 6.20 Å². The molecule has 0 aliphatic rings. The van der Waals surface area contributed by atoms with Crippen molar-refractivity contribution in [2.45, 2.75) is 0 Å². The zero-order chi connectivity index (χ0) is 9.10. The van der Waals surface area contributed by atoms with Gasteiger partial charge in [0.2, 0.25) is 0 Å². The molecule has 0 spiro atoms. The zero-order valence-electron chi connectivity index (χ0n) is 6.64. The van der Waals surface area contributed by atoms with Crippen LogP contribution in [0.3, 0.4) is 0 Å². The van der Waals surface area contributed by atoms with E-state index < -0.39 is 0 Å². The molecule has 0 aromatic carbocycles. The van der Waals surface area contributed by atoms with Gasteiger partial charge in [0, 0.05) is 18.0 Å². The second-order valence-corrected chi connectivity index (χ2v) is 2.45. The van der Waals surface area contributed by atoms with E-state index in [-0.39, 0.29) is 0 Å². The van der Waals surface area contributed by atoms with Gasteiger partial charge >= 0.3 is 0 Å². The molecule has 2 heterocycles. The second-order valence-electron chi connectivity index (χ2n) is 2.45. The molecule has 0 unspecified atom stereocenters. The number of hydrogen-bond donors (Lipinski definition) is 1. The lowest BCUT2D eigenvalue weighted by molar-refractivity contribution is 1.09. The van der Waals surface area contributed by atoms with E-state index in [0.29, 0.717) is 11.4 Å². The first kappa shape index (κ1) is 7.60. The number of rotatable bonds is 2. The van der Waals surface area contributed by atoms with Crippen LogP contribution in [0.15, 0.2) is 35.9 Å². The van der Waals surface area contributed by atoms with E-state index in [0.717, 1.165) is 5.56 Å². The highest BCUT2D eigenvalue weighted by Crippen LogP contribution is 2.25. The third-order valence-electron chi connectivity index (χ3n) is 1.65. The van der Waals surface area contributed by atoms with Crippen molar-refractivity contribution in [3.8, 4) is 11.3 Å². The SMILES string of the molecule is O=Nc1c[nH]nc1-c1cccnc1. The van der Waals surface area contributed by atoms with Crippen LogP contribution < -0.4 is 0 Å². The smallest absolute Gasteiger partial charge is 0.153 e. The van der Waals surface area contributed by atoms with Crippen LogP contribution in [0, 0.1) is 4.91 Å². The van der Waals surface area contributed by atoms with Crippen molar-refractivity contribution in [3.05, 3.63) is 35.6 Å². The monoisotopic (exact) mass is 174 g/mol. The predicted octanol–water partition coefficient (Wildman–Crippen LogP) is 1.87. The molecule has 64 valence electrons. The van der Waals surface area contributed by atoms with Crippen LogP contribution in [0.25, 0.3) is 11.3 Å². The summed E-state index contributed by atoms with van der Waals surface area (Å²) in [6.07, 6.45) is 4.74. The first-order chi connectivity index (χ1) is 6.42. The van der Waals surface area contributed by atoms with E-state index in [9.17, 15) is 4.91 Å². The summed E-state index contributed by atoms with van der Waals surface area (Å²) < 4.78 is 0. The summed E-state index contributed by atoms with van der Waals surface area (Å²) in [5.41, 5.74) is 1.61. The predicted molar refractivity (Wildman–Crippen MR) is 47.3 cm³/mol. The Hall–Kier alpha value is -2.04. The molecule has 0 radical (unpaired) electrons. The first-order valence-electron chi connectivity index (χ1n) is 3.69. The Morgan fingerprint density at radius 3 is 3.08 bits per heavy atom. The zero-order valence-corrected chi connectivity index (χ0v) is 6.64. The molecule has 0 aliphatic carbocycles. The minimum Gasteiger partial charge on any atom is -0.283 e. The van der Waals surface area contributed by atoms with Gasteiger partial charge in [0.05, 0.1) is 6.20 Å². The average Bonchev–Trinajstić information content (AvgIpc) is 2.67. The van der Waals surface area contributed by atoms with Crippen molar-refractivity contribution < 1.29 is 0 Å². The minimum atomic E-state index is 0.299. The number of nitroso groups, excluding NO2 is 1. The fraction of sp³-hybridized carbons (Fsp3) is 0. The molecule has 0 fully saturated rings. The lowest BCUT2D eigenvalue weighted by Gasteiger charge is -1.93. The number of nitrogens with one attached hydrogen (secondary N) is 1. The highest BCUT2D eigenvalue weighted by Gasteiger charge is 2.07. The Kier molecular flexibility index (Phi) is 1.84. The number of hydrogen-bond acceptors (Lipinski definition) is 4. The van der Waals surface area contributed by atoms with E-state index in [1.807, 2.05) is 6.07 Å². The van der Waals surface area contributed by atoms with Gasteiger partial charge in [0.15, 0.2) is 5.69 Å². The fourth-order valence-corrected chi connectivity index (χ4v) is 1.07. The Bertz CT molecular complexity index is 409. The number of aromatic amines is 1. The Morgan fingerprint density at radius 1 is 1.46 bits per heavy atom. The van der Waals surface area contributed by atoms with Gasteiger partial charge < -0.3 is 0 Å². The first-order valence-corrected chi connectivity index (χ1v) is 3.69. The Balaban J connectivity index is 2.52. The molecule has 0 saturated carbocycles. The van der Waals surface area contributed by atoms with Crippen LogP contribution in [-0.2, 0) is 0 Å². The maximum absolute atomic E-state index is 10.3. The summed E-state index contributed by atoms with van der Waals surface area (Å²) >= 11 is 0. The fourth-order valence-electron chi connectivity index (χ4n) is 1.07. The Morgan fingerprint density at radius 2 is 2.38 bits per heavy atom. The molecule has 13 heavy (non-hydrogen) atoms. The van der Waals surface area contributed by atoms with Crippen LogP contribution in [0.5, 0.6) is 0 Å². The van der Waals surface area contributed by atoms with Crippen molar-refractivity contribution in [2.24, 2.45) is 5.18 Å². The topological polar surface area (TPSA) is 71.0 Å². The van der Waals surface area contributed by atoms with Gasteiger partial charge in [-0.1, -0.05) is 0 Å². The van der Waals surface area contributed by atoms with E-state index in [1.54, 1.807) is 18.5 Å². The number of pyridine rings is 1. The normalized spacial score (nSPS) is 9.85. The molecular formula is C8H6N4O. The molecule has 5 heteroatoms. The third-order valence-corrected chi connectivity index (χ3v) is 1.65. The highest BCUT2D eigenvalue weighted by atomic mass is 16.3. The van der Waals surface area contributed by atoms with Crippen molar-refractivity contribution in [1.29, 1.82) is 0 Å². The quantitative estimate of drug-likeness (QED) is 0.706. The van der Waals surface area contributed by atoms with Gasteiger partial charge in [-0.2, -0.15) is 5.10 Å². The summed E-state index contributed by atoms with van der Waals surface area (Å²) in [5, 5.41) is 9.31. The van der Waals surface area contributed by atoms with Gasteiger partial charge in [0.1, 0.15) is 5.69 Å². The van der Waals surface area contributed by atoms with Gasteiger partial charge in [-0.3, -0.25) is 10.1 Å². The molecule has 0 atom stereocenters. The molecule has 1 N–H and O–H groups in total. The summed E-state index contributed by atoms with van der Waals surface area (Å²) in [5.74, 6) is 0. The molecule has 2 rings (SSSR count). The van der Waals surface area contributed by atoms with Crippen LogP contribution in [0.4, 0.5) is 5.69 Å². The van der Waals surface area contributed by atoms with Crippen LogP contribution in [-0.4, -0.2) is 15.2 Å². The summed E-state index contributed by atoms with van der Waals surface area (Å²) in [7, 11) is 0. The summed E-state index contributed by atoms with van der Waals surface area (Å²) in [6.45, 7) is 0. The average molecular weight is 174 g/mol. The van der Waals surface area contributed by atoms with E-state index in [4.69, 9.17) is 0 Å². The molecular weight excluding hydrogens is 168 g/mol. The second kappa shape index (κ2) is 3.14. The minimum absolute atomic E-state index is 0.299. The van der Waals surface area contributed by atoms with Crippen molar-refractivity contribution in [3.63, 3.8) is 0 Å². The number of nitrogens with zero attached hydrogens (tertiary/aromatic N) is 3. The van der Waals surface area contributed by atoms with Crippen LogP contribution in [0.2, 0.25) is 0 Å². The maximum atomic E-state index is 10.3. The van der Waals surface area contributed by atoms with Crippen LogP contribution in [0.1, 0.15) is 0 Å². The van der Waals surface area contributed by atoms with Gasteiger partial charge in [-0.25, -0.2) is 0 Å².